The van der Waals surface area contributed by atoms with Crippen LogP contribution in [0.2, 0.25) is 0 Å². The molecule has 3 N–H and O–H groups in total. The fourth-order valence-corrected chi connectivity index (χ4v) is 7.07. The summed E-state index contributed by atoms with van der Waals surface area (Å²) in [5.74, 6) is 4.30. The Morgan fingerprint density at radius 2 is 0.959 bits per heavy atom. The predicted octanol–water partition coefficient (Wildman–Crippen LogP) is 10.7. The zero-order chi connectivity index (χ0) is 35.4. The quantitative estimate of drug-likeness (QED) is 0.222. The summed E-state index contributed by atoms with van der Waals surface area (Å²) in [5, 5.41) is 21.4. The molecule has 0 aromatic heterocycles. The third-order valence-corrected chi connectivity index (χ3v) is 10.3. The van der Waals surface area contributed by atoms with E-state index in [-0.39, 0.29) is 6.10 Å². The first kappa shape index (κ1) is 40.4. The molecule has 0 bridgehead atoms. The predicted molar refractivity (Wildman–Crippen MR) is 206 cm³/mol. The van der Waals surface area contributed by atoms with E-state index in [4.69, 9.17) is 14.6 Å². The summed E-state index contributed by atoms with van der Waals surface area (Å²) in [6.45, 7) is 16.4. The SMILES string of the molecule is Cc1cccc(C)c1O.Cc1cccc(C)c1OCCC1CCCCC1.Cc1cccc(C)c1OCCC1CCCNC1.OC1CCCC1. The zero-order valence-corrected chi connectivity index (χ0v) is 31.7. The molecule has 1 aliphatic heterocycles. The van der Waals surface area contributed by atoms with Crippen molar-refractivity contribution in [3.63, 3.8) is 0 Å². The first-order valence-electron chi connectivity index (χ1n) is 19.2. The molecule has 3 aromatic carbocycles. The van der Waals surface area contributed by atoms with E-state index >= 15 is 0 Å². The molecular formula is C44H67NO4. The molecule has 0 amide bonds. The van der Waals surface area contributed by atoms with Crippen molar-refractivity contribution in [3.05, 3.63) is 88.0 Å². The van der Waals surface area contributed by atoms with Gasteiger partial charge in [-0.1, -0.05) is 99.5 Å². The molecule has 5 nitrogen and oxygen atoms in total. The number of hydrogen-bond donors (Lipinski definition) is 3. The number of benzene rings is 3. The maximum absolute atomic E-state index is 9.21. The molecule has 1 atom stereocenters. The molecule has 2 saturated carbocycles. The van der Waals surface area contributed by atoms with E-state index in [2.05, 4.69) is 69.4 Å². The number of aliphatic hydroxyl groups is 1. The minimum absolute atomic E-state index is 0.0463. The van der Waals surface area contributed by atoms with Gasteiger partial charge in [0.05, 0.1) is 19.3 Å². The summed E-state index contributed by atoms with van der Waals surface area (Å²) < 4.78 is 11.9. The van der Waals surface area contributed by atoms with Crippen molar-refractivity contribution in [1.82, 2.24) is 5.32 Å². The number of ether oxygens (including phenoxy) is 2. The minimum atomic E-state index is 0.0463. The van der Waals surface area contributed by atoms with Gasteiger partial charge in [-0.05, 0) is 138 Å². The van der Waals surface area contributed by atoms with E-state index in [1.807, 2.05) is 32.0 Å². The van der Waals surface area contributed by atoms with Crippen molar-refractivity contribution < 1.29 is 19.7 Å². The largest absolute Gasteiger partial charge is 0.507 e. The Bertz CT molecular complexity index is 1200. The molecule has 0 radical (unpaired) electrons. The van der Waals surface area contributed by atoms with Crippen LogP contribution in [-0.4, -0.2) is 42.6 Å². The smallest absolute Gasteiger partial charge is 0.125 e. The zero-order valence-electron chi connectivity index (χ0n) is 31.7. The minimum Gasteiger partial charge on any atom is -0.507 e. The lowest BCUT2D eigenvalue weighted by atomic mass is 9.87. The molecular weight excluding hydrogens is 606 g/mol. The highest BCUT2D eigenvalue weighted by atomic mass is 16.5. The Hall–Kier alpha value is -3.02. The Balaban J connectivity index is 0.000000190. The van der Waals surface area contributed by atoms with Crippen LogP contribution in [0.5, 0.6) is 17.2 Å². The second kappa shape index (κ2) is 22.6. The monoisotopic (exact) mass is 674 g/mol. The number of phenolic OH excluding ortho intramolecular Hbond substituents is 1. The van der Waals surface area contributed by atoms with Gasteiger partial charge >= 0.3 is 0 Å². The first-order valence-corrected chi connectivity index (χ1v) is 19.2. The summed E-state index contributed by atoms with van der Waals surface area (Å²) in [7, 11) is 0. The average Bonchev–Trinajstić information content (AvgIpc) is 3.59. The Kier molecular flexibility index (Phi) is 18.7. The average molecular weight is 674 g/mol. The second-order valence-corrected chi connectivity index (χ2v) is 14.6. The van der Waals surface area contributed by atoms with Crippen LogP contribution in [0.3, 0.4) is 0 Å². The van der Waals surface area contributed by atoms with E-state index in [9.17, 15) is 5.11 Å². The van der Waals surface area contributed by atoms with Crippen LogP contribution in [0.1, 0.15) is 117 Å². The van der Waals surface area contributed by atoms with Crippen molar-refractivity contribution in [3.8, 4) is 17.2 Å². The van der Waals surface area contributed by atoms with Crippen LogP contribution in [0.25, 0.3) is 0 Å². The van der Waals surface area contributed by atoms with Crippen LogP contribution in [0, 0.1) is 53.4 Å². The van der Waals surface area contributed by atoms with Gasteiger partial charge in [0.2, 0.25) is 0 Å². The molecule has 3 fully saturated rings. The highest BCUT2D eigenvalue weighted by Gasteiger charge is 2.15. The van der Waals surface area contributed by atoms with E-state index in [0.717, 1.165) is 67.1 Å². The molecule has 0 spiro atoms. The van der Waals surface area contributed by atoms with Gasteiger partial charge in [0, 0.05) is 0 Å². The number of aliphatic hydroxyl groups excluding tert-OH is 1. The Morgan fingerprint density at radius 3 is 1.35 bits per heavy atom. The fourth-order valence-electron chi connectivity index (χ4n) is 7.07. The molecule has 1 unspecified atom stereocenters. The lowest BCUT2D eigenvalue weighted by Gasteiger charge is -2.23. The van der Waals surface area contributed by atoms with E-state index in [1.165, 1.54) is 99.4 Å². The number of rotatable bonds is 8. The number of aryl methyl sites for hydroxylation is 6. The van der Waals surface area contributed by atoms with Crippen molar-refractivity contribution in [2.75, 3.05) is 26.3 Å². The summed E-state index contributed by atoms with van der Waals surface area (Å²) in [4.78, 5) is 0. The molecule has 1 saturated heterocycles. The molecule has 49 heavy (non-hydrogen) atoms. The Labute approximate surface area is 298 Å². The van der Waals surface area contributed by atoms with Crippen LogP contribution in [-0.2, 0) is 0 Å². The standard InChI is InChI=1S/C16H24O.C15H23NO.C8H10O.C5H10O/c1-13-7-6-8-14(2)16(13)17-12-11-15-9-4-3-5-10-15;1-12-5-3-6-13(2)15(12)17-10-8-14-7-4-9-16-11-14;1-6-4-3-5-7(2)8(6)9;6-5-3-1-2-4-5/h6-8,15H,3-5,9-12H2,1-2H3;3,5-6,14,16H,4,7-11H2,1-2H3;3-5,9H,1-2H3;5-6H,1-4H2. The fraction of sp³-hybridized carbons (Fsp3) is 0.591. The van der Waals surface area contributed by atoms with Crippen LogP contribution in [0.15, 0.2) is 54.6 Å². The van der Waals surface area contributed by atoms with Gasteiger partial charge < -0.3 is 25.0 Å². The van der Waals surface area contributed by atoms with Crippen molar-refractivity contribution >= 4 is 0 Å². The van der Waals surface area contributed by atoms with Crippen molar-refractivity contribution in [1.29, 1.82) is 0 Å². The highest BCUT2D eigenvalue weighted by molar-refractivity contribution is 5.40. The lowest BCUT2D eigenvalue weighted by Crippen LogP contribution is -2.30. The number of piperidine rings is 1. The van der Waals surface area contributed by atoms with E-state index in [1.54, 1.807) is 0 Å². The molecule has 1 heterocycles. The summed E-state index contributed by atoms with van der Waals surface area (Å²) in [6.07, 6.45) is 16.8. The number of phenols is 1. The van der Waals surface area contributed by atoms with Gasteiger partial charge in [0.1, 0.15) is 17.2 Å². The van der Waals surface area contributed by atoms with E-state index < -0.39 is 0 Å². The highest BCUT2D eigenvalue weighted by Crippen LogP contribution is 2.28. The van der Waals surface area contributed by atoms with Gasteiger partial charge in [-0.15, -0.1) is 0 Å². The Morgan fingerprint density at radius 1 is 0.551 bits per heavy atom. The van der Waals surface area contributed by atoms with Gasteiger partial charge in [-0.25, -0.2) is 0 Å². The molecule has 3 aromatic rings. The normalized spacial score (nSPS) is 17.8. The molecule has 6 rings (SSSR count). The van der Waals surface area contributed by atoms with Crippen molar-refractivity contribution in [2.45, 2.75) is 131 Å². The maximum Gasteiger partial charge on any atom is 0.125 e. The number of para-hydroxylation sites is 3. The van der Waals surface area contributed by atoms with Gasteiger partial charge in [-0.3, -0.25) is 0 Å². The molecule has 3 aliphatic rings. The molecule has 272 valence electrons. The van der Waals surface area contributed by atoms with Crippen LogP contribution < -0.4 is 14.8 Å². The maximum atomic E-state index is 9.21. The summed E-state index contributed by atoms with van der Waals surface area (Å²) in [5.41, 5.74) is 6.88. The van der Waals surface area contributed by atoms with Gasteiger partial charge in [0.15, 0.2) is 0 Å². The van der Waals surface area contributed by atoms with E-state index in [0.29, 0.717) is 5.75 Å². The van der Waals surface area contributed by atoms with Gasteiger partial charge in [-0.2, -0.15) is 0 Å². The summed E-state index contributed by atoms with van der Waals surface area (Å²) >= 11 is 0. The molecule has 5 heteroatoms. The van der Waals surface area contributed by atoms with Gasteiger partial charge in [0.25, 0.3) is 0 Å². The third-order valence-electron chi connectivity index (χ3n) is 10.3. The van der Waals surface area contributed by atoms with Crippen molar-refractivity contribution in [2.24, 2.45) is 11.8 Å². The van der Waals surface area contributed by atoms with Crippen LogP contribution in [0.4, 0.5) is 0 Å². The molecule has 2 aliphatic carbocycles. The third kappa shape index (κ3) is 15.2. The first-order chi connectivity index (χ1) is 23.7. The number of hydrogen-bond acceptors (Lipinski definition) is 5. The number of aromatic hydroxyl groups is 1. The topological polar surface area (TPSA) is 71.0 Å². The van der Waals surface area contributed by atoms with Crippen LogP contribution >= 0.6 is 0 Å². The lowest BCUT2D eigenvalue weighted by molar-refractivity contribution is 0.183. The summed E-state index contributed by atoms with van der Waals surface area (Å²) in [6, 6.07) is 18.4. The number of nitrogens with one attached hydrogen (secondary N) is 1. The second-order valence-electron chi connectivity index (χ2n) is 14.6.